The zero-order valence-electron chi connectivity index (χ0n) is 16.1. The van der Waals surface area contributed by atoms with Gasteiger partial charge in [-0.15, -0.1) is 0 Å². The number of halogens is 1. The van der Waals surface area contributed by atoms with Gasteiger partial charge in [-0.3, -0.25) is 9.59 Å². The topological polar surface area (TPSA) is 66.7 Å². The number of fused-ring (bicyclic) bond motifs is 1. The molecule has 3 heterocycles. The molecule has 4 rings (SSSR count). The van der Waals surface area contributed by atoms with Crippen LogP contribution < -0.4 is 0 Å². The first-order valence-corrected chi connectivity index (χ1v) is 9.80. The monoisotopic (exact) mass is 385 g/mol. The van der Waals surface area contributed by atoms with E-state index in [0.717, 1.165) is 5.56 Å². The molecule has 2 aliphatic heterocycles. The van der Waals surface area contributed by atoms with E-state index in [1.54, 1.807) is 11.0 Å². The number of nitrogens with zero attached hydrogens (tertiary/aromatic N) is 3. The van der Waals surface area contributed by atoms with Gasteiger partial charge in [0.05, 0.1) is 6.04 Å². The van der Waals surface area contributed by atoms with Gasteiger partial charge in [-0.2, -0.15) is 0 Å². The lowest BCUT2D eigenvalue weighted by molar-refractivity contribution is -0.132. The standard InChI is InChI=1S/C21H24FN3O3/c1-3-17-19(23-12-28-17)21(27)24-9-14-10-25(18(26)4-2)20(16(14)11-24)13-6-5-7-15(22)8-13/h5-8,12,14,16,20H,3-4,9-11H2,1-2H3/t14-,16-,20+/m0/s1. The van der Waals surface area contributed by atoms with Gasteiger partial charge in [0.1, 0.15) is 11.6 Å². The summed E-state index contributed by atoms with van der Waals surface area (Å²) in [6, 6.07) is 6.23. The van der Waals surface area contributed by atoms with Gasteiger partial charge < -0.3 is 14.2 Å². The van der Waals surface area contributed by atoms with Gasteiger partial charge in [0.2, 0.25) is 5.91 Å². The zero-order valence-corrected chi connectivity index (χ0v) is 16.1. The Balaban J connectivity index is 1.61. The summed E-state index contributed by atoms with van der Waals surface area (Å²) in [5.74, 6) is 0.457. The summed E-state index contributed by atoms with van der Waals surface area (Å²) in [6.07, 6.45) is 2.32. The molecule has 0 N–H and O–H groups in total. The third-order valence-electron chi connectivity index (χ3n) is 5.93. The number of carbonyl (C=O) groups excluding carboxylic acids is 2. The van der Waals surface area contributed by atoms with Crippen molar-refractivity contribution < 1.29 is 18.4 Å². The van der Waals surface area contributed by atoms with Gasteiger partial charge in [-0.25, -0.2) is 9.37 Å². The first kappa shape index (κ1) is 18.7. The molecule has 0 unspecified atom stereocenters. The average molecular weight is 385 g/mol. The largest absolute Gasteiger partial charge is 0.448 e. The molecule has 28 heavy (non-hydrogen) atoms. The molecule has 2 aliphatic rings. The highest BCUT2D eigenvalue weighted by atomic mass is 19.1. The van der Waals surface area contributed by atoms with Crippen LogP contribution in [0, 0.1) is 17.7 Å². The molecule has 6 nitrogen and oxygen atoms in total. The Morgan fingerprint density at radius 3 is 2.79 bits per heavy atom. The molecular weight excluding hydrogens is 361 g/mol. The van der Waals surface area contributed by atoms with Crippen molar-refractivity contribution in [2.45, 2.75) is 32.7 Å². The van der Waals surface area contributed by atoms with Gasteiger partial charge in [0.25, 0.3) is 5.91 Å². The normalized spacial score (nSPS) is 23.9. The highest BCUT2D eigenvalue weighted by Gasteiger charge is 2.50. The molecule has 3 atom stereocenters. The van der Waals surface area contributed by atoms with Gasteiger partial charge >= 0.3 is 0 Å². The minimum Gasteiger partial charge on any atom is -0.448 e. The van der Waals surface area contributed by atoms with E-state index < -0.39 is 0 Å². The Hall–Kier alpha value is -2.70. The second-order valence-electron chi connectivity index (χ2n) is 7.51. The van der Waals surface area contributed by atoms with Gasteiger partial charge in [-0.05, 0) is 17.7 Å². The number of rotatable bonds is 4. The fraction of sp³-hybridized carbons (Fsp3) is 0.476. The predicted molar refractivity (Wildman–Crippen MR) is 99.9 cm³/mol. The molecule has 1 aromatic carbocycles. The molecule has 148 valence electrons. The van der Waals surface area contributed by atoms with Crippen LogP contribution in [0.1, 0.15) is 48.1 Å². The van der Waals surface area contributed by atoms with Crippen LogP contribution in [0.5, 0.6) is 0 Å². The van der Waals surface area contributed by atoms with Crippen molar-refractivity contribution >= 4 is 11.8 Å². The Kier molecular flexibility index (Phi) is 4.91. The van der Waals surface area contributed by atoms with Gasteiger partial charge in [-0.1, -0.05) is 26.0 Å². The van der Waals surface area contributed by atoms with Crippen molar-refractivity contribution in [3.8, 4) is 0 Å². The Labute approximate surface area is 163 Å². The number of amides is 2. The van der Waals surface area contributed by atoms with Crippen molar-refractivity contribution in [1.29, 1.82) is 0 Å². The van der Waals surface area contributed by atoms with Crippen molar-refractivity contribution in [2.24, 2.45) is 11.8 Å². The van der Waals surface area contributed by atoms with Crippen LogP contribution in [0.15, 0.2) is 35.1 Å². The van der Waals surface area contributed by atoms with E-state index in [4.69, 9.17) is 4.42 Å². The molecule has 2 aromatic rings. The van der Waals surface area contributed by atoms with Crippen molar-refractivity contribution in [3.63, 3.8) is 0 Å². The third kappa shape index (κ3) is 3.08. The summed E-state index contributed by atoms with van der Waals surface area (Å²) in [4.78, 5) is 33.2. The molecule has 7 heteroatoms. The van der Waals surface area contributed by atoms with Crippen LogP contribution in [0.4, 0.5) is 4.39 Å². The van der Waals surface area contributed by atoms with Gasteiger partial charge in [0.15, 0.2) is 12.1 Å². The quantitative estimate of drug-likeness (QED) is 0.811. The molecule has 0 bridgehead atoms. The van der Waals surface area contributed by atoms with E-state index in [-0.39, 0.29) is 35.5 Å². The highest BCUT2D eigenvalue weighted by Crippen LogP contribution is 2.45. The SMILES string of the molecule is CCC(=O)N1C[C@@H]2CN(C(=O)c3ncoc3CC)C[C@@H]2[C@H]1c1cccc(F)c1. The maximum atomic E-state index is 13.9. The second-order valence-corrected chi connectivity index (χ2v) is 7.51. The van der Waals surface area contributed by atoms with Crippen LogP contribution in [0.2, 0.25) is 0 Å². The minimum absolute atomic E-state index is 0.0614. The van der Waals surface area contributed by atoms with E-state index >= 15 is 0 Å². The summed E-state index contributed by atoms with van der Waals surface area (Å²) in [5, 5.41) is 0. The maximum Gasteiger partial charge on any atom is 0.276 e. The zero-order chi connectivity index (χ0) is 19.8. The maximum absolute atomic E-state index is 13.9. The summed E-state index contributed by atoms with van der Waals surface area (Å²) in [6.45, 7) is 5.44. The number of carbonyl (C=O) groups is 2. The average Bonchev–Trinajstić information content (AvgIpc) is 3.40. The summed E-state index contributed by atoms with van der Waals surface area (Å²) in [5.41, 5.74) is 1.16. The van der Waals surface area contributed by atoms with E-state index in [1.807, 2.05) is 24.8 Å². The first-order chi connectivity index (χ1) is 13.5. The van der Waals surface area contributed by atoms with Crippen molar-refractivity contribution in [3.05, 3.63) is 53.5 Å². The Morgan fingerprint density at radius 2 is 2.07 bits per heavy atom. The smallest absolute Gasteiger partial charge is 0.276 e. The third-order valence-corrected chi connectivity index (χ3v) is 5.93. The van der Waals surface area contributed by atoms with Crippen LogP contribution >= 0.6 is 0 Å². The number of hydrogen-bond donors (Lipinski definition) is 0. The summed E-state index contributed by atoms with van der Waals surface area (Å²) in [7, 11) is 0. The second kappa shape index (κ2) is 7.37. The fourth-order valence-electron chi connectivity index (χ4n) is 4.63. The highest BCUT2D eigenvalue weighted by molar-refractivity contribution is 5.93. The lowest BCUT2D eigenvalue weighted by atomic mass is 9.89. The number of aryl methyl sites for hydroxylation is 1. The van der Waals surface area contributed by atoms with E-state index in [2.05, 4.69) is 4.98 Å². The number of hydrogen-bond acceptors (Lipinski definition) is 4. The molecule has 0 spiro atoms. The molecule has 0 saturated carbocycles. The first-order valence-electron chi connectivity index (χ1n) is 9.80. The Morgan fingerprint density at radius 1 is 1.25 bits per heavy atom. The minimum atomic E-state index is -0.314. The van der Waals surface area contributed by atoms with Crippen LogP contribution in [-0.2, 0) is 11.2 Å². The van der Waals surface area contributed by atoms with E-state index in [1.165, 1.54) is 18.5 Å². The lowest BCUT2D eigenvalue weighted by Crippen LogP contribution is -2.37. The molecule has 1 aromatic heterocycles. The molecule has 0 radical (unpaired) electrons. The molecule has 0 aliphatic carbocycles. The van der Waals surface area contributed by atoms with Crippen LogP contribution in [0.25, 0.3) is 0 Å². The van der Waals surface area contributed by atoms with E-state index in [0.29, 0.717) is 43.9 Å². The fourth-order valence-corrected chi connectivity index (χ4v) is 4.63. The number of oxazole rings is 1. The molecule has 2 amide bonds. The molecule has 2 fully saturated rings. The lowest BCUT2D eigenvalue weighted by Gasteiger charge is -2.29. The van der Waals surface area contributed by atoms with Crippen LogP contribution in [0.3, 0.4) is 0 Å². The number of likely N-dealkylation sites (tertiary alicyclic amines) is 2. The van der Waals surface area contributed by atoms with Gasteiger partial charge in [0, 0.05) is 44.3 Å². The van der Waals surface area contributed by atoms with Crippen molar-refractivity contribution in [1.82, 2.24) is 14.8 Å². The predicted octanol–water partition coefficient (Wildman–Crippen LogP) is 3.06. The number of benzene rings is 1. The number of aromatic nitrogens is 1. The molecule has 2 saturated heterocycles. The Bertz CT molecular complexity index is 897. The van der Waals surface area contributed by atoms with Crippen molar-refractivity contribution in [2.75, 3.05) is 19.6 Å². The van der Waals surface area contributed by atoms with E-state index in [9.17, 15) is 14.0 Å². The summed E-state index contributed by atoms with van der Waals surface area (Å²) >= 11 is 0. The van der Waals surface area contributed by atoms with Crippen LogP contribution in [-0.4, -0.2) is 46.2 Å². The summed E-state index contributed by atoms with van der Waals surface area (Å²) < 4.78 is 19.2. The molecular formula is C21H24FN3O3.